The van der Waals surface area contributed by atoms with Crippen LogP contribution in [0.25, 0.3) is 0 Å². The molecule has 0 aromatic carbocycles. The summed E-state index contributed by atoms with van der Waals surface area (Å²) in [7, 11) is 0. The van der Waals surface area contributed by atoms with Gasteiger partial charge in [0.25, 0.3) is 0 Å². The Morgan fingerprint density at radius 2 is 1.08 bits per heavy atom. The second-order valence-electron chi connectivity index (χ2n) is 1.48. The highest BCUT2D eigenvalue weighted by atomic mass is 79.9. The first-order valence-electron chi connectivity index (χ1n) is 2.34. The zero-order valence-corrected chi connectivity index (χ0v) is 13.0. The molecule has 0 aliphatic carbocycles. The topological polar surface area (TPSA) is 17.1 Å². The molecule has 0 N–H and O–H groups in total. The summed E-state index contributed by atoms with van der Waals surface area (Å²) in [5.41, 5.74) is 0. The van der Waals surface area contributed by atoms with Crippen molar-refractivity contribution in [2.75, 3.05) is 0 Å². The van der Waals surface area contributed by atoms with Crippen LogP contribution < -0.4 is 0 Å². The average molecular weight is 467 g/mol. The fourth-order valence-electron chi connectivity index (χ4n) is 0.268. The predicted octanol–water partition coefficient (Wildman–Crippen LogP) is 4.95. The molecule has 0 atom stereocenters. The maximum Gasteiger partial charge on any atom is 0.219 e. The molecule has 0 aromatic heterocycles. The van der Waals surface area contributed by atoms with E-state index >= 15 is 0 Å². The highest BCUT2D eigenvalue weighted by molar-refractivity contribution is 9.28. The van der Waals surface area contributed by atoms with E-state index in [4.69, 9.17) is 23.2 Å². The lowest BCUT2D eigenvalue weighted by molar-refractivity contribution is -0.111. The average Bonchev–Trinajstić information content (AvgIpc) is 2.00. The Bertz CT molecular complexity index is 237. The molecule has 0 amide bonds. The number of allylic oxidation sites excluding steroid dienone is 2. The molecule has 0 radical (unpaired) electrons. The zero-order chi connectivity index (χ0) is 9.89. The van der Waals surface area contributed by atoms with E-state index in [-0.39, 0.29) is 10.1 Å². The maximum atomic E-state index is 11.2. The van der Waals surface area contributed by atoms with E-state index in [9.17, 15) is 4.79 Å². The quantitative estimate of drug-likeness (QED) is 0.527. The summed E-state index contributed by atoms with van der Waals surface area (Å²) < 4.78 is 0.724. The van der Waals surface area contributed by atoms with Gasteiger partial charge in [-0.2, -0.15) is 0 Å². The Morgan fingerprint density at radius 1 is 0.833 bits per heavy atom. The van der Waals surface area contributed by atoms with Crippen molar-refractivity contribution in [1.82, 2.24) is 0 Å². The first-order chi connectivity index (χ1) is 5.37. The molecule has 0 heterocycles. The molecular weight excluding hydrogens is 467 g/mol. The molecule has 0 rings (SSSR count). The molecule has 68 valence electrons. The van der Waals surface area contributed by atoms with Gasteiger partial charge in [-0.3, -0.25) is 4.79 Å². The number of carbonyl (C=O) groups excluding carboxylic acids is 1. The number of Topliss-reactive ketones (excluding diaryl/α,β-unsaturated/α-hetero) is 1. The lowest BCUT2D eigenvalue weighted by atomic mass is 10.4. The van der Waals surface area contributed by atoms with Crippen molar-refractivity contribution in [1.29, 1.82) is 0 Å². The second-order valence-corrected chi connectivity index (χ2v) is 7.53. The van der Waals surface area contributed by atoms with E-state index in [1.807, 2.05) is 0 Å². The van der Waals surface area contributed by atoms with E-state index in [1.165, 1.54) is 0 Å². The summed E-state index contributed by atoms with van der Waals surface area (Å²) in [6.45, 7) is 0. The molecule has 0 aliphatic rings. The van der Waals surface area contributed by atoms with Crippen LogP contribution in [-0.4, -0.2) is 5.78 Å². The molecule has 0 saturated heterocycles. The molecule has 1 nitrogen and oxygen atoms in total. The molecule has 0 aromatic rings. The van der Waals surface area contributed by atoms with Gasteiger partial charge in [-0.25, -0.2) is 0 Å². The molecule has 0 spiro atoms. The summed E-state index contributed by atoms with van der Waals surface area (Å²) in [6.07, 6.45) is 0. The summed E-state index contributed by atoms with van der Waals surface area (Å²) in [6, 6.07) is 0. The van der Waals surface area contributed by atoms with E-state index in [1.54, 1.807) is 0 Å². The second kappa shape index (κ2) is 6.19. The van der Waals surface area contributed by atoms with Crippen LogP contribution in [0, 0.1) is 0 Å². The Balaban J connectivity index is 4.90. The molecule has 12 heavy (non-hydrogen) atoms. The van der Waals surface area contributed by atoms with Crippen LogP contribution in [0.1, 0.15) is 0 Å². The van der Waals surface area contributed by atoms with Crippen molar-refractivity contribution in [2.24, 2.45) is 0 Å². The molecule has 0 unspecified atom stereocenters. The van der Waals surface area contributed by atoms with E-state index in [0.717, 1.165) is 0 Å². The van der Waals surface area contributed by atoms with Crippen molar-refractivity contribution in [3.8, 4) is 0 Å². The van der Waals surface area contributed by atoms with Crippen molar-refractivity contribution < 1.29 is 4.79 Å². The molecule has 0 bridgehead atoms. The standard InChI is InChI=1S/C5Br4Cl2O/c6-4(7)1(10)3(12)2(11)5(8)9. The minimum absolute atomic E-state index is 0.0172. The third kappa shape index (κ3) is 4.24. The number of halogens is 6. The first-order valence-corrected chi connectivity index (χ1v) is 6.27. The summed E-state index contributed by atoms with van der Waals surface area (Å²) in [5.74, 6) is -0.481. The largest absolute Gasteiger partial charge is 0.286 e. The van der Waals surface area contributed by atoms with Gasteiger partial charge in [0, 0.05) is 0 Å². The number of rotatable bonds is 2. The van der Waals surface area contributed by atoms with Gasteiger partial charge < -0.3 is 0 Å². The predicted molar refractivity (Wildman–Crippen MR) is 66.5 cm³/mol. The van der Waals surface area contributed by atoms with Gasteiger partial charge in [0.15, 0.2) is 0 Å². The highest BCUT2D eigenvalue weighted by Crippen LogP contribution is 2.30. The smallest absolute Gasteiger partial charge is 0.219 e. The molecule has 7 heteroatoms. The normalized spacial score (nSPS) is 9.17. The van der Waals surface area contributed by atoms with Gasteiger partial charge in [0.05, 0.1) is 6.78 Å². The minimum Gasteiger partial charge on any atom is -0.286 e. The highest BCUT2D eigenvalue weighted by Gasteiger charge is 2.16. The van der Waals surface area contributed by atoms with Gasteiger partial charge in [0.2, 0.25) is 5.78 Å². The summed E-state index contributed by atoms with van der Waals surface area (Å²) in [4.78, 5) is 11.2. The lowest BCUT2D eigenvalue weighted by Gasteiger charge is -1.97. The molecule has 0 fully saturated rings. The fourth-order valence-corrected chi connectivity index (χ4v) is 1.23. The SMILES string of the molecule is O=C(C(Cl)=C(Br)Br)C(Cl)=C(Br)Br. The van der Waals surface area contributed by atoms with Crippen LogP contribution in [0.3, 0.4) is 0 Å². The number of hydrogen-bond acceptors (Lipinski definition) is 1. The number of ketones is 1. The Morgan fingerprint density at radius 3 is 1.25 bits per heavy atom. The summed E-state index contributed by atoms with van der Waals surface area (Å²) in [5, 5.41) is -0.0344. The van der Waals surface area contributed by atoms with Gasteiger partial charge >= 0.3 is 0 Å². The first kappa shape index (κ1) is 13.7. The van der Waals surface area contributed by atoms with Crippen LogP contribution in [0.4, 0.5) is 0 Å². The number of carbonyl (C=O) groups is 1. The van der Waals surface area contributed by atoms with Crippen molar-refractivity contribution in [2.45, 2.75) is 0 Å². The third-order valence-corrected chi connectivity index (χ3v) is 3.95. The Hall–Kier alpha value is 1.65. The zero-order valence-electron chi connectivity index (χ0n) is 5.18. The van der Waals surface area contributed by atoms with Gasteiger partial charge in [0.1, 0.15) is 10.1 Å². The lowest BCUT2D eigenvalue weighted by Crippen LogP contribution is -1.98. The maximum absolute atomic E-state index is 11.2. The molecular formula is C5Br4Cl2O. The fraction of sp³-hybridized carbons (Fsp3) is 0. The van der Waals surface area contributed by atoms with Crippen molar-refractivity contribution in [3.63, 3.8) is 0 Å². The van der Waals surface area contributed by atoms with Gasteiger partial charge in [-0.1, -0.05) is 23.2 Å². The van der Waals surface area contributed by atoms with Crippen LogP contribution in [-0.2, 0) is 4.79 Å². The third-order valence-electron chi connectivity index (χ3n) is 0.731. The van der Waals surface area contributed by atoms with Crippen LogP contribution in [0.15, 0.2) is 16.8 Å². The van der Waals surface area contributed by atoms with Gasteiger partial charge in [-0.15, -0.1) is 0 Å². The molecule has 0 saturated carbocycles. The van der Waals surface area contributed by atoms with E-state index in [2.05, 4.69) is 63.7 Å². The van der Waals surface area contributed by atoms with E-state index in [0.29, 0.717) is 6.78 Å². The van der Waals surface area contributed by atoms with Crippen LogP contribution >= 0.6 is 86.9 Å². The monoisotopic (exact) mass is 462 g/mol. The number of hydrogen-bond donors (Lipinski definition) is 0. The molecule has 0 aliphatic heterocycles. The van der Waals surface area contributed by atoms with Crippen molar-refractivity contribution in [3.05, 3.63) is 16.8 Å². The minimum atomic E-state index is -0.481. The Kier molecular flexibility index (Phi) is 7.04. The van der Waals surface area contributed by atoms with E-state index < -0.39 is 5.78 Å². The van der Waals surface area contributed by atoms with Gasteiger partial charge in [-0.05, 0) is 63.7 Å². The van der Waals surface area contributed by atoms with Crippen LogP contribution in [0.5, 0.6) is 0 Å². The Labute approximate surface area is 113 Å². The summed E-state index contributed by atoms with van der Waals surface area (Å²) >= 11 is 23.1. The van der Waals surface area contributed by atoms with Crippen LogP contribution in [0.2, 0.25) is 0 Å². The van der Waals surface area contributed by atoms with Crippen molar-refractivity contribution >= 4 is 92.7 Å².